The normalized spacial score (nSPS) is 12.2. The van der Waals surface area contributed by atoms with Crippen LogP contribution in [0, 0.1) is 0 Å². The maximum absolute atomic E-state index is 6.54. The zero-order chi connectivity index (χ0) is 31.3. The van der Waals surface area contributed by atoms with Crippen LogP contribution in [0.25, 0.3) is 87.4 Å². The van der Waals surface area contributed by atoms with Crippen molar-refractivity contribution in [3.8, 4) is 0 Å². The quantitative estimate of drug-likeness (QED) is 0.198. The fraction of sp³-hybridized carbons (Fsp3) is 0. The summed E-state index contributed by atoms with van der Waals surface area (Å²) in [6.07, 6.45) is 0. The van der Waals surface area contributed by atoms with Crippen LogP contribution in [-0.4, -0.2) is 0 Å². The average molecular weight is 616 g/mol. The molecule has 0 N–H and O–H groups in total. The Hall–Kier alpha value is -6.52. The van der Waals surface area contributed by atoms with Crippen LogP contribution in [-0.2, 0) is 0 Å². The molecule has 0 unspecified atom stereocenters. The number of hydrogen-bond acceptors (Lipinski definition) is 4. The van der Waals surface area contributed by atoms with Gasteiger partial charge in [0.15, 0.2) is 0 Å². The lowest BCUT2D eigenvalue weighted by Crippen LogP contribution is -2.09. The van der Waals surface area contributed by atoms with Crippen LogP contribution in [0.3, 0.4) is 0 Å². The summed E-state index contributed by atoms with van der Waals surface area (Å²) in [7, 11) is 0. The Morgan fingerprint density at radius 3 is 1.60 bits per heavy atom. The first-order valence-electron chi connectivity index (χ1n) is 16.2. The molecule has 4 nitrogen and oxygen atoms in total. The fourth-order valence-electron chi connectivity index (χ4n) is 7.56. The molecule has 0 saturated heterocycles. The van der Waals surface area contributed by atoms with Crippen molar-refractivity contribution in [1.29, 1.82) is 0 Å². The number of rotatable bonds is 3. The van der Waals surface area contributed by atoms with Crippen LogP contribution < -0.4 is 4.90 Å². The summed E-state index contributed by atoms with van der Waals surface area (Å²) in [4.78, 5) is 2.29. The van der Waals surface area contributed by atoms with Crippen molar-refractivity contribution in [1.82, 2.24) is 0 Å². The lowest BCUT2D eigenvalue weighted by atomic mass is 10.0. The first-order chi connectivity index (χ1) is 23.7. The SMILES string of the molecule is c1ccc2cc3c(cc2c1)oc1cc(N(c2ccc4c(c2)oc2ccccc24)c2ccc4ccc5oc6ccccc6c5c4c2)ccc13. The van der Waals surface area contributed by atoms with Crippen molar-refractivity contribution in [2.24, 2.45) is 0 Å². The van der Waals surface area contributed by atoms with Crippen molar-refractivity contribution in [2.75, 3.05) is 4.90 Å². The smallest absolute Gasteiger partial charge is 0.137 e. The maximum Gasteiger partial charge on any atom is 0.137 e. The minimum Gasteiger partial charge on any atom is -0.456 e. The highest BCUT2D eigenvalue weighted by Crippen LogP contribution is 2.43. The number of nitrogens with zero attached hydrogens (tertiary/aromatic N) is 1. The molecule has 0 bridgehead atoms. The largest absolute Gasteiger partial charge is 0.456 e. The highest BCUT2D eigenvalue weighted by Gasteiger charge is 2.19. The Morgan fingerprint density at radius 1 is 0.292 bits per heavy atom. The van der Waals surface area contributed by atoms with Crippen LogP contribution in [0.1, 0.15) is 0 Å². The fourth-order valence-corrected chi connectivity index (χ4v) is 7.56. The second-order valence-corrected chi connectivity index (χ2v) is 12.5. The van der Waals surface area contributed by atoms with Crippen LogP contribution in [0.2, 0.25) is 0 Å². The first-order valence-corrected chi connectivity index (χ1v) is 16.2. The zero-order valence-corrected chi connectivity index (χ0v) is 25.6. The second-order valence-electron chi connectivity index (χ2n) is 12.5. The Labute approximate surface area is 273 Å². The van der Waals surface area contributed by atoms with Gasteiger partial charge in [0.05, 0.1) is 0 Å². The van der Waals surface area contributed by atoms with Gasteiger partial charge in [-0.1, -0.05) is 72.8 Å². The van der Waals surface area contributed by atoms with Crippen molar-refractivity contribution in [3.63, 3.8) is 0 Å². The van der Waals surface area contributed by atoms with Crippen LogP contribution in [0.5, 0.6) is 0 Å². The number of furan rings is 3. The predicted octanol–water partition coefficient (Wildman–Crippen LogP) is 13.2. The van der Waals surface area contributed by atoms with Crippen molar-refractivity contribution in [2.45, 2.75) is 0 Å². The van der Waals surface area contributed by atoms with Gasteiger partial charge in [-0.2, -0.15) is 0 Å². The van der Waals surface area contributed by atoms with Gasteiger partial charge >= 0.3 is 0 Å². The Kier molecular flexibility index (Phi) is 5.08. The number of para-hydroxylation sites is 2. The molecule has 11 rings (SSSR count). The van der Waals surface area contributed by atoms with Crippen LogP contribution in [0.4, 0.5) is 17.1 Å². The lowest BCUT2D eigenvalue weighted by molar-refractivity contribution is 0.668. The summed E-state index contributed by atoms with van der Waals surface area (Å²) < 4.78 is 19.2. The van der Waals surface area contributed by atoms with E-state index >= 15 is 0 Å². The molecular weight excluding hydrogens is 590 g/mol. The topological polar surface area (TPSA) is 42.7 Å². The van der Waals surface area contributed by atoms with Crippen molar-refractivity contribution >= 4 is 104 Å². The Morgan fingerprint density at radius 2 is 0.812 bits per heavy atom. The van der Waals surface area contributed by atoms with E-state index in [1.165, 1.54) is 10.8 Å². The molecule has 8 aromatic carbocycles. The van der Waals surface area contributed by atoms with E-state index in [0.717, 1.165) is 93.7 Å². The molecule has 0 saturated carbocycles. The van der Waals surface area contributed by atoms with Gasteiger partial charge in [0, 0.05) is 61.5 Å². The van der Waals surface area contributed by atoms with Crippen molar-refractivity contribution in [3.05, 3.63) is 152 Å². The van der Waals surface area contributed by atoms with E-state index in [9.17, 15) is 0 Å². The summed E-state index contributed by atoms with van der Waals surface area (Å²) in [6, 6.07) is 53.1. The third-order valence-electron chi connectivity index (χ3n) is 9.80. The molecule has 0 aliphatic rings. The lowest BCUT2D eigenvalue weighted by Gasteiger charge is -2.26. The first kappa shape index (κ1) is 25.6. The van der Waals surface area contributed by atoms with E-state index in [2.05, 4.69) is 132 Å². The van der Waals surface area contributed by atoms with Crippen LogP contribution >= 0.6 is 0 Å². The van der Waals surface area contributed by atoms with Gasteiger partial charge in [0.1, 0.15) is 33.5 Å². The highest BCUT2D eigenvalue weighted by molar-refractivity contribution is 6.19. The summed E-state index contributed by atoms with van der Waals surface area (Å²) in [6.45, 7) is 0. The van der Waals surface area contributed by atoms with Crippen molar-refractivity contribution < 1.29 is 13.3 Å². The third-order valence-corrected chi connectivity index (χ3v) is 9.80. The van der Waals surface area contributed by atoms with Gasteiger partial charge in [0.25, 0.3) is 0 Å². The molecule has 48 heavy (non-hydrogen) atoms. The molecule has 0 radical (unpaired) electrons. The molecule has 0 amide bonds. The van der Waals surface area contributed by atoms with E-state index in [-0.39, 0.29) is 0 Å². The van der Waals surface area contributed by atoms with E-state index < -0.39 is 0 Å². The number of benzene rings is 8. The van der Waals surface area contributed by atoms with E-state index in [1.54, 1.807) is 0 Å². The zero-order valence-electron chi connectivity index (χ0n) is 25.6. The van der Waals surface area contributed by atoms with Gasteiger partial charge < -0.3 is 18.2 Å². The Bertz CT molecular complexity index is 3090. The molecule has 3 aromatic heterocycles. The number of anilines is 3. The van der Waals surface area contributed by atoms with Gasteiger partial charge in [-0.15, -0.1) is 0 Å². The summed E-state index contributed by atoms with van der Waals surface area (Å²) >= 11 is 0. The van der Waals surface area contributed by atoms with E-state index in [0.29, 0.717) is 0 Å². The highest BCUT2D eigenvalue weighted by atomic mass is 16.3. The van der Waals surface area contributed by atoms with Gasteiger partial charge in [-0.3, -0.25) is 0 Å². The molecule has 3 heterocycles. The summed E-state index contributed by atoms with van der Waals surface area (Å²) in [5, 5.41) is 11.3. The number of fused-ring (bicyclic) bond motifs is 12. The monoisotopic (exact) mass is 615 g/mol. The third kappa shape index (κ3) is 3.65. The second kappa shape index (κ2) is 9.50. The van der Waals surface area contributed by atoms with Crippen LogP contribution in [0.15, 0.2) is 165 Å². The standard InChI is InChI=1S/C44H25NO3/c1-2-8-28-22-41-37(21-27(28)7-1)34-19-17-31(25-43(34)48-41)45(30-16-18-33-32-9-3-5-11-38(32)47-42(33)24-30)29-15-13-26-14-20-40-44(36(26)23-29)35-10-4-6-12-39(35)46-40/h1-25H. The van der Waals surface area contributed by atoms with Gasteiger partial charge in [-0.05, 0) is 88.3 Å². The molecule has 224 valence electrons. The summed E-state index contributed by atoms with van der Waals surface area (Å²) in [5.74, 6) is 0. The van der Waals surface area contributed by atoms with Gasteiger partial charge in [0.2, 0.25) is 0 Å². The molecular formula is C44H25NO3. The molecule has 0 aliphatic heterocycles. The van der Waals surface area contributed by atoms with E-state index in [4.69, 9.17) is 13.3 Å². The predicted molar refractivity (Wildman–Crippen MR) is 198 cm³/mol. The molecule has 0 atom stereocenters. The minimum absolute atomic E-state index is 0.844. The van der Waals surface area contributed by atoms with Gasteiger partial charge in [-0.25, -0.2) is 0 Å². The molecule has 0 fully saturated rings. The molecule has 0 spiro atoms. The summed E-state index contributed by atoms with van der Waals surface area (Å²) in [5.41, 5.74) is 8.24. The molecule has 11 aromatic rings. The number of hydrogen-bond donors (Lipinski definition) is 0. The van der Waals surface area contributed by atoms with E-state index in [1.807, 2.05) is 24.3 Å². The Balaban J connectivity index is 1.17. The molecule has 4 heteroatoms. The molecule has 0 aliphatic carbocycles. The average Bonchev–Trinajstić information content (AvgIpc) is 3.81. The maximum atomic E-state index is 6.54. The minimum atomic E-state index is 0.844.